The van der Waals surface area contributed by atoms with E-state index >= 15 is 0 Å². The van der Waals surface area contributed by atoms with E-state index in [2.05, 4.69) is 9.88 Å². The van der Waals surface area contributed by atoms with Crippen molar-refractivity contribution >= 4 is 22.9 Å². The van der Waals surface area contributed by atoms with Gasteiger partial charge in [0, 0.05) is 26.1 Å². The standard InChI is InChI=1S/C20H20ClN3O3S/c1-26-16-9-12(8-14(21)18(16)27-2)10-24-6-5-15-13(11-24)20(25)23-19(22-15)17-4-3-7-28-17/h3-4,7-9H,5-6,10-11H2,1-2H3,(H,22,23,25). The summed E-state index contributed by atoms with van der Waals surface area (Å²) in [6, 6.07) is 7.71. The van der Waals surface area contributed by atoms with Crippen molar-refractivity contribution in [3.05, 3.63) is 61.8 Å². The monoisotopic (exact) mass is 417 g/mol. The molecule has 8 heteroatoms. The van der Waals surface area contributed by atoms with Gasteiger partial charge < -0.3 is 14.5 Å². The zero-order valence-corrected chi connectivity index (χ0v) is 17.2. The lowest BCUT2D eigenvalue weighted by molar-refractivity contribution is 0.241. The molecule has 0 spiro atoms. The fourth-order valence-electron chi connectivity index (χ4n) is 3.47. The molecule has 1 aliphatic rings. The smallest absolute Gasteiger partial charge is 0.255 e. The van der Waals surface area contributed by atoms with Crippen LogP contribution in [-0.4, -0.2) is 35.6 Å². The van der Waals surface area contributed by atoms with Crippen LogP contribution in [0.1, 0.15) is 16.8 Å². The first-order valence-corrected chi connectivity index (χ1v) is 10.1. The molecule has 28 heavy (non-hydrogen) atoms. The molecule has 0 saturated heterocycles. The van der Waals surface area contributed by atoms with E-state index < -0.39 is 0 Å². The second-order valence-corrected chi connectivity index (χ2v) is 7.95. The van der Waals surface area contributed by atoms with E-state index in [-0.39, 0.29) is 5.56 Å². The van der Waals surface area contributed by atoms with Crippen LogP contribution in [0.15, 0.2) is 34.4 Å². The lowest BCUT2D eigenvalue weighted by Crippen LogP contribution is -2.35. The number of thiophene rings is 1. The van der Waals surface area contributed by atoms with Crippen molar-refractivity contribution in [2.24, 2.45) is 0 Å². The highest BCUT2D eigenvalue weighted by Crippen LogP contribution is 2.36. The van der Waals surface area contributed by atoms with Gasteiger partial charge in [0.25, 0.3) is 5.56 Å². The van der Waals surface area contributed by atoms with E-state index in [0.717, 1.165) is 34.7 Å². The summed E-state index contributed by atoms with van der Waals surface area (Å²) in [6.45, 7) is 2.03. The summed E-state index contributed by atoms with van der Waals surface area (Å²) < 4.78 is 10.7. The van der Waals surface area contributed by atoms with E-state index in [4.69, 9.17) is 26.1 Å². The molecule has 0 atom stereocenters. The lowest BCUT2D eigenvalue weighted by atomic mass is 10.1. The molecule has 6 nitrogen and oxygen atoms in total. The minimum atomic E-state index is -0.0663. The van der Waals surface area contributed by atoms with Crippen LogP contribution in [0.4, 0.5) is 0 Å². The second-order valence-electron chi connectivity index (χ2n) is 6.59. The molecule has 0 bridgehead atoms. The number of halogens is 1. The Balaban J connectivity index is 1.57. The highest BCUT2D eigenvalue weighted by molar-refractivity contribution is 7.13. The molecule has 0 unspecified atom stereocenters. The molecule has 0 saturated carbocycles. The van der Waals surface area contributed by atoms with E-state index in [1.165, 1.54) is 0 Å². The number of nitrogens with one attached hydrogen (secondary N) is 1. The molecular formula is C20H20ClN3O3S. The molecular weight excluding hydrogens is 398 g/mol. The largest absolute Gasteiger partial charge is 0.493 e. The third kappa shape index (κ3) is 3.65. The molecule has 4 rings (SSSR count). The topological polar surface area (TPSA) is 67.5 Å². The van der Waals surface area contributed by atoms with Crippen molar-refractivity contribution in [3.63, 3.8) is 0 Å². The summed E-state index contributed by atoms with van der Waals surface area (Å²) in [6.07, 6.45) is 0.735. The number of hydrogen-bond acceptors (Lipinski definition) is 6. The number of methoxy groups -OCH3 is 2. The Hall–Kier alpha value is -2.35. The second kappa shape index (κ2) is 7.95. The third-order valence-electron chi connectivity index (χ3n) is 4.80. The van der Waals surface area contributed by atoms with Crippen molar-refractivity contribution in [1.29, 1.82) is 0 Å². The fourth-order valence-corrected chi connectivity index (χ4v) is 4.45. The van der Waals surface area contributed by atoms with Gasteiger partial charge in [0.15, 0.2) is 17.3 Å². The van der Waals surface area contributed by atoms with Gasteiger partial charge in [0.1, 0.15) is 0 Å². The highest BCUT2D eigenvalue weighted by atomic mass is 35.5. The molecule has 1 aromatic carbocycles. The van der Waals surface area contributed by atoms with Crippen LogP contribution < -0.4 is 15.0 Å². The van der Waals surface area contributed by atoms with Crippen LogP contribution in [0, 0.1) is 0 Å². The summed E-state index contributed by atoms with van der Waals surface area (Å²) in [4.78, 5) is 23.4. The number of hydrogen-bond donors (Lipinski definition) is 1. The van der Waals surface area contributed by atoms with Gasteiger partial charge in [-0.3, -0.25) is 9.69 Å². The molecule has 146 valence electrons. The van der Waals surface area contributed by atoms with Gasteiger partial charge >= 0.3 is 0 Å². The Bertz CT molecular complexity index is 1050. The normalized spacial score (nSPS) is 14.0. The lowest BCUT2D eigenvalue weighted by Gasteiger charge is -2.28. The summed E-state index contributed by atoms with van der Waals surface area (Å²) in [7, 11) is 3.15. The van der Waals surface area contributed by atoms with Gasteiger partial charge in [-0.1, -0.05) is 17.7 Å². The minimum Gasteiger partial charge on any atom is -0.493 e. The van der Waals surface area contributed by atoms with Gasteiger partial charge in [0.2, 0.25) is 0 Å². The first-order chi connectivity index (χ1) is 13.6. The first kappa shape index (κ1) is 19.0. The maximum atomic E-state index is 12.6. The van der Waals surface area contributed by atoms with Crippen molar-refractivity contribution in [2.75, 3.05) is 20.8 Å². The van der Waals surface area contributed by atoms with Crippen LogP contribution in [0.3, 0.4) is 0 Å². The molecule has 0 aliphatic carbocycles. The third-order valence-corrected chi connectivity index (χ3v) is 5.96. The molecule has 0 fully saturated rings. The Morgan fingerprint density at radius 3 is 2.89 bits per heavy atom. The highest BCUT2D eigenvalue weighted by Gasteiger charge is 2.22. The quantitative estimate of drug-likeness (QED) is 0.685. The van der Waals surface area contributed by atoms with Crippen molar-refractivity contribution in [3.8, 4) is 22.2 Å². The van der Waals surface area contributed by atoms with Gasteiger partial charge in [-0.2, -0.15) is 0 Å². The number of nitrogens with zero attached hydrogens (tertiary/aromatic N) is 2. The summed E-state index contributed by atoms with van der Waals surface area (Å²) in [5.41, 5.74) is 2.56. The Morgan fingerprint density at radius 2 is 2.18 bits per heavy atom. The summed E-state index contributed by atoms with van der Waals surface area (Å²) in [5, 5.41) is 2.49. The van der Waals surface area contributed by atoms with Crippen LogP contribution >= 0.6 is 22.9 Å². The van der Waals surface area contributed by atoms with Crippen LogP contribution in [-0.2, 0) is 19.5 Å². The molecule has 3 heterocycles. The first-order valence-electron chi connectivity index (χ1n) is 8.87. The van der Waals surface area contributed by atoms with Crippen LogP contribution in [0.2, 0.25) is 5.02 Å². The summed E-state index contributed by atoms with van der Waals surface area (Å²) in [5.74, 6) is 1.78. The maximum Gasteiger partial charge on any atom is 0.255 e. The maximum absolute atomic E-state index is 12.6. The minimum absolute atomic E-state index is 0.0663. The van der Waals surface area contributed by atoms with Gasteiger partial charge in [-0.05, 0) is 29.1 Å². The van der Waals surface area contributed by atoms with Gasteiger partial charge in [-0.15, -0.1) is 11.3 Å². The number of fused-ring (bicyclic) bond motifs is 1. The predicted octanol–water partition coefficient (Wildman–Crippen LogP) is 3.73. The van der Waals surface area contributed by atoms with Crippen LogP contribution in [0.25, 0.3) is 10.7 Å². The Morgan fingerprint density at radius 1 is 1.32 bits per heavy atom. The average Bonchev–Trinajstić information content (AvgIpc) is 3.22. The van der Waals surface area contributed by atoms with E-state index in [1.807, 2.05) is 29.6 Å². The molecule has 3 aromatic rings. The number of aromatic nitrogens is 2. The zero-order chi connectivity index (χ0) is 19.7. The van der Waals surface area contributed by atoms with Crippen LogP contribution in [0.5, 0.6) is 11.5 Å². The van der Waals surface area contributed by atoms with E-state index in [1.54, 1.807) is 25.6 Å². The Labute approximate surface area is 171 Å². The van der Waals surface area contributed by atoms with Crippen molar-refractivity contribution < 1.29 is 9.47 Å². The van der Waals surface area contributed by atoms with E-state index in [0.29, 0.717) is 35.4 Å². The molecule has 1 aliphatic heterocycles. The molecule has 0 amide bonds. The molecule has 2 aromatic heterocycles. The van der Waals surface area contributed by atoms with Crippen molar-refractivity contribution in [1.82, 2.24) is 14.9 Å². The molecule has 1 N–H and O–H groups in total. The fraction of sp³-hybridized carbons (Fsp3) is 0.300. The van der Waals surface area contributed by atoms with E-state index in [9.17, 15) is 4.79 Å². The average molecular weight is 418 g/mol. The summed E-state index contributed by atoms with van der Waals surface area (Å²) >= 11 is 7.88. The number of benzene rings is 1. The predicted molar refractivity (Wildman–Crippen MR) is 111 cm³/mol. The molecule has 0 radical (unpaired) electrons. The van der Waals surface area contributed by atoms with Crippen molar-refractivity contribution in [2.45, 2.75) is 19.5 Å². The SMILES string of the molecule is COc1cc(CN2CCc3nc(-c4cccs4)[nH]c(=O)c3C2)cc(Cl)c1OC. The van der Waals surface area contributed by atoms with Gasteiger partial charge in [-0.25, -0.2) is 4.98 Å². The Kier molecular flexibility index (Phi) is 5.39. The number of aromatic amines is 1. The number of H-pyrrole nitrogens is 1. The van der Waals surface area contributed by atoms with Gasteiger partial charge in [0.05, 0.1) is 35.4 Å². The number of ether oxygens (including phenoxy) is 2. The zero-order valence-electron chi connectivity index (χ0n) is 15.6. The number of rotatable bonds is 5.